The van der Waals surface area contributed by atoms with Crippen molar-refractivity contribution in [2.45, 2.75) is 44.8 Å². The van der Waals surface area contributed by atoms with Crippen LogP contribution in [0.4, 0.5) is 27.8 Å². The Labute approximate surface area is 197 Å². The maximum atomic E-state index is 13.3. The molecule has 0 saturated carbocycles. The van der Waals surface area contributed by atoms with Crippen LogP contribution in [0.5, 0.6) is 0 Å². The molecule has 0 unspecified atom stereocenters. The minimum absolute atomic E-state index is 0.122. The summed E-state index contributed by atoms with van der Waals surface area (Å²) in [5, 5.41) is 11.8. The quantitative estimate of drug-likeness (QED) is 0.416. The summed E-state index contributed by atoms with van der Waals surface area (Å²) in [6, 6.07) is 8.04. The number of nitrogens with zero attached hydrogens (tertiary/aromatic N) is 1. The highest BCUT2D eigenvalue weighted by Crippen LogP contribution is 2.34. The van der Waals surface area contributed by atoms with Gasteiger partial charge in [0, 0.05) is 17.5 Å². The molecule has 2 aromatic carbocycles. The van der Waals surface area contributed by atoms with Crippen molar-refractivity contribution in [1.29, 1.82) is 0 Å². The summed E-state index contributed by atoms with van der Waals surface area (Å²) < 4.78 is 65.1. The Bertz CT molecular complexity index is 1200. The molecule has 0 aliphatic heterocycles. The van der Waals surface area contributed by atoms with Crippen LogP contribution in [0, 0.1) is 11.6 Å². The predicted molar refractivity (Wildman–Crippen MR) is 118 cm³/mol. The number of aromatic nitrogens is 2. The van der Waals surface area contributed by atoms with Crippen LogP contribution in [0.3, 0.4) is 0 Å². The Morgan fingerprint density at radius 2 is 1.54 bits per heavy atom. The minimum atomic E-state index is -4.44. The van der Waals surface area contributed by atoms with Gasteiger partial charge in [-0.2, -0.15) is 18.3 Å². The lowest BCUT2D eigenvalue weighted by atomic mass is 9.81. The number of anilines is 1. The molecule has 6 nitrogen and oxygen atoms in total. The number of hydrogen-bond donors (Lipinski definition) is 3. The van der Waals surface area contributed by atoms with Gasteiger partial charge >= 0.3 is 6.18 Å². The fraction of sp³-hybridized carbons (Fsp3) is 0.292. The highest BCUT2D eigenvalue weighted by Gasteiger charge is 2.32. The zero-order valence-corrected chi connectivity index (χ0v) is 19.1. The number of rotatable bonds is 7. The number of nitrogens with one attached hydrogen (secondary N) is 3. The Kier molecular flexibility index (Phi) is 7.27. The molecular weight excluding hydrogens is 471 g/mol. The van der Waals surface area contributed by atoms with Gasteiger partial charge in [0.25, 0.3) is 0 Å². The molecule has 3 N–H and O–H groups in total. The van der Waals surface area contributed by atoms with E-state index in [1.807, 2.05) is 0 Å². The van der Waals surface area contributed by atoms with E-state index in [9.17, 15) is 31.5 Å². The largest absolute Gasteiger partial charge is 0.416 e. The van der Waals surface area contributed by atoms with E-state index in [1.54, 1.807) is 19.9 Å². The summed E-state index contributed by atoms with van der Waals surface area (Å²) >= 11 is 0. The smallest absolute Gasteiger partial charge is 0.344 e. The predicted octanol–water partition coefficient (Wildman–Crippen LogP) is 4.72. The van der Waals surface area contributed by atoms with Crippen LogP contribution in [0.25, 0.3) is 0 Å². The zero-order chi connectivity index (χ0) is 26.0. The Morgan fingerprint density at radius 3 is 2.11 bits per heavy atom. The Balaban J connectivity index is 1.62. The Morgan fingerprint density at radius 1 is 0.971 bits per heavy atom. The monoisotopic (exact) mass is 494 g/mol. The maximum absolute atomic E-state index is 13.3. The van der Waals surface area contributed by atoms with Gasteiger partial charge in [0.15, 0.2) is 0 Å². The molecule has 0 radical (unpaired) electrons. The van der Waals surface area contributed by atoms with E-state index in [0.717, 1.165) is 24.3 Å². The summed E-state index contributed by atoms with van der Waals surface area (Å²) in [4.78, 5) is 24.6. The number of halogens is 5. The minimum Gasteiger partial charge on any atom is -0.344 e. The van der Waals surface area contributed by atoms with Gasteiger partial charge < -0.3 is 10.6 Å². The SMILES string of the molecule is C[C@H](NC(=O)Cc1cc(F)cc(F)c1)C(=O)Nc1cc(C(C)(C)c2ccc(C(F)(F)F)cc2)n[nH]1. The second-order valence-corrected chi connectivity index (χ2v) is 8.60. The Hall–Kier alpha value is -3.76. The van der Waals surface area contributed by atoms with E-state index in [1.165, 1.54) is 19.1 Å². The van der Waals surface area contributed by atoms with Gasteiger partial charge in [-0.15, -0.1) is 0 Å². The first-order valence-electron chi connectivity index (χ1n) is 10.5. The van der Waals surface area contributed by atoms with Crippen molar-refractivity contribution in [2.75, 3.05) is 5.32 Å². The van der Waals surface area contributed by atoms with E-state index in [2.05, 4.69) is 20.8 Å². The van der Waals surface area contributed by atoms with Crippen molar-refractivity contribution in [3.05, 3.63) is 82.5 Å². The van der Waals surface area contributed by atoms with Gasteiger partial charge in [0.1, 0.15) is 23.5 Å². The van der Waals surface area contributed by atoms with Crippen molar-refractivity contribution >= 4 is 17.6 Å². The first-order valence-corrected chi connectivity index (χ1v) is 10.5. The summed E-state index contributed by atoms with van der Waals surface area (Å²) in [6.07, 6.45) is -4.76. The van der Waals surface area contributed by atoms with E-state index < -0.39 is 46.6 Å². The number of aromatic amines is 1. The number of carbonyl (C=O) groups excluding carboxylic acids is 2. The maximum Gasteiger partial charge on any atom is 0.416 e. The number of carbonyl (C=O) groups is 2. The van der Waals surface area contributed by atoms with Crippen LogP contribution in [0.2, 0.25) is 0 Å². The van der Waals surface area contributed by atoms with E-state index >= 15 is 0 Å². The van der Waals surface area contributed by atoms with Crippen LogP contribution in [-0.4, -0.2) is 28.1 Å². The molecule has 3 rings (SSSR count). The lowest BCUT2D eigenvalue weighted by molar-refractivity contribution is -0.137. The third-order valence-corrected chi connectivity index (χ3v) is 5.47. The van der Waals surface area contributed by atoms with Gasteiger partial charge in [-0.05, 0) is 42.3 Å². The molecule has 0 saturated heterocycles. The van der Waals surface area contributed by atoms with Crippen molar-refractivity contribution in [1.82, 2.24) is 15.5 Å². The number of H-pyrrole nitrogens is 1. The van der Waals surface area contributed by atoms with Gasteiger partial charge in [0.05, 0.1) is 17.7 Å². The molecule has 0 aliphatic carbocycles. The molecule has 3 aromatic rings. The van der Waals surface area contributed by atoms with Crippen molar-refractivity contribution in [2.24, 2.45) is 0 Å². The molecule has 0 fully saturated rings. The van der Waals surface area contributed by atoms with Crippen LogP contribution in [0.1, 0.15) is 43.2 Å². The molecule has 186 valence electrons. The van der Waals surface area contributed by atoms with Crippen LogP contribution >= 0.6 is 0 Å². The summed E-state index contributed by atoms with van der Waals surface area (Å²) in [5.41, 5.74) is -0.354. The molecule has 0 bridgehead atoms. The van der Waals surface area contributed by atoms with Crippen LogP contribution in [0.15, 0.2) is 48.5 Å². The van der Waals surface area contributed by atoms with E-state index in [4.69, 9.17) is 0 Å². The average molecular weight is 494 g/mol. The molecule has 35 heavy (non-hydrogen) atoms. The molecule has 1 atom stereocenters. The standard InChI is InChI=1S/C24H23F5N4O2/c1-13(30-21(34)10-14-8-17(25)11-18(26)9-14)22(35)31-20-12-19(32-33-20)23(2,3)15-4-6-16(7-5-15)24(27,28)29/h4-9,11-13H,10H2,1-3H3,(H,30,34)(H2,31,32,33,35)/t13-/m0/s1. The highest BCUT2D eigenvalue weighted by atomic mass is 19.4. The first kappa shape index (κ1) is 25.9. The van der Waals surface area contributed by atoms with Crippen LogP contribution < -0.4 is 10.6 Å². The highest BCUT2D eigenvalue weighted by molar-refractivity contribution is 5.96. The van der Waals surface area contributed by atoms with Crippen molar-refractivity contribution in [3.63, 3.8) is 0 Å². The van der Waals surface area contributed by atoms with Gasteiger partial charge in [0.2, 0.25) is 11.8 Å². The fourth-order valence-electron chi connectivity index (χ4n) is 3.43. The third-order valence-electron chi connectivity index (χ3n) is 5.47. The van der Waals surface area contributed by atoms with Gasteiger partial charge in [-0.1, -0.05) is 26.0 Å². The zero-order valence-electron chi connectivity index (χ0n) is 19.1. The van der Waals surface area contributed by atoms with Gasteiger partial charge in [-0.3, -0.25) is 14.7 Å². The lowest BCUT2D eigenvalue weighted by Crippen LogP contribution is -2.42. The summed E-state index contributed by atoms with van der Waals surface area (Å²) in [5.74, 6) is -2.59. The molecule has 11 heteroatoms. The van der Waals surface area contributed by atoms with Crippen molar-refractivity contribution in [3.8, 4) is 0 Å². The molecular formula is C24H23F5N4O2. The second kappa shape index (κ2) is 9.85. The average Bonchev–Trinajstić information content (AvgIpc) is 3.21. The van der Waals surface area contributed by atoms with Crippen LogP contribution in [-0.2, 0) is 27.6 Å². The molecule has 1 aromatic heterocycles. The number of hydrogen-bond acceptors (Lipinski definition) is 3. The number of amides is 2. The summed E-state index contributed by atoms with van der Waals surface area (Å²) in [6.45, 7) is 4.98. The fourth-order valence-corrected chi connectivity index (χ4v) is 3.43. The number of alkyl halides is 3. The normalized spacial score (nSPS) is 12.8. The molecule has 0 aliphatic rings. The third kappa shape index (κ3) is 6.43. The number of benzene rings is 2. The summed E-state index contributed by atoms with van der Waals surface area (Å²) in [7, 11) is 0. The topological polar surface area (TPSA) is 86.9 Å². The van der Waals surface area contributed by atoms with Crippen molar-refractivity contribution < 1.29 is 31.5 Å². The molecule has 1 heterocycles. The van der Waals surface area contributed by atoms with Gasteiger partial charge in [-0.25, -0.2) is 8.78 Å². The van der Waals surface area contributed by atoms with E-state index in [0.29, 0.717) is 17.3 Å². The molecule has 0 spiro atoms. The lowest BCUT2D eigenvalue weighted by Gasteiger charge is -2.23. The first-order chi connectivity index (χ1) is 16.3. The molecule has 2 amide bonds. The van der Waals surface area contributed by atoms with E-state index in [-0.39, 0.29) is 17.8 Å². The second-order valence-electron chi connectivity index (χ2n) is 8.60.